The minimum Gasteiger partial charge on any atom is -1.00 e. The Labute approximate surface area is 830 Å². The zero-order valence-corrected chi connectivity index (χ0v) is 87.3. The van der Waals surface area contributed by atoms with E-state index in [0.29, 0.717) is 0 Å². The Balaban J connectivity index is 0.000000242. The predicted molar refractivity (Wildman–Crippen MR) is 489 cm³/mol. The second-order valence-corrected chi connectivity index (χ2v) is 35.4. The number of pyridine rings is 3. The molecule has 0 bridgehead atoms. The summed E-state index contributed by atoms with van der Waals surface area (Å²) in [6.45, 7) is 20.4. The van der Waals surface area contributed by atoms with Crippen molar-refractivity contribution in [1.82, 2.24) is 0 Å². The molecule has 0 saturated carbocycles. The van der Waals surface area contributed by atoms with Gasteiger partial charge >= 0.3 is 0 Å². The van der Waals surface area contributed by atoms with Crippen molar-refractivity contribution in [2.75, 3.05) is 178 Å². The van der Waals surface area contributed by atoms with Crippen LogP contribution >= 0.6 is 35.3 Å². The van der Waals surface area contributed by atoms with Crippen LogP contribution in [0.25, 0.3) is 68.0 Å². The first kappa shape index (κ1) is 102. The minimum absolute atomic E-state index is 0. The molecule has 9 aromatic carbocycles. The third-order valence-corrected chi connectivity index (χ3v) is 25.9. The molecule has 0 spiro atoms. The van der Waals surface area contributed by atoms with Gasteiger partial charge in [0.15, 0.2) is 0 Å². The molecule has 0 saturated heterocycles. The Bertz CT molecular complexity index is 5430. The van der Waals surface area contributed by atoms with Crippen LogP contribution in [0.4, 0.5) is 34.5 Å². The van der Waals surface area contributed by atoms with Crippen LogP contribution in [0.3, 0.4) is 0 Å². The molecular formula is C98H118I6N12OS3. The molecule has 1 N–H and O–H groups in total. The number of nitrogens with zero attached hydrogens (tertiary/aromatic N) is 12. The summed E-state index contributed by atoms with van der Waals surface area (Å²) in [5.41, 5.74) is 14.8. The first-order valence-corrected chi connectivity index (χ1v) is 43.2. The summed E-state index contributed by atoms with van der Waals surface area (Å²) in [6.07, 6.45) is 10.4. The number of thioether (sulfide) groups is 3. The molecule has 12 aromatic rings. The van der Waals surface area contributed by atoms with Crippen LogP contribution in [-0.4, -0.2) is 168 Å². The molecule has 0 fully saturated rings. The number of rotatable bonds is 27. The number of aromatic nitrogens is 3. The van der Waals surface area contributed by atoms with E-state index in [1.54, 1.807) is 0 Å². The Morgan fingerprint density at radius 3 is 0.875 bits per heavy atom. The number of hydrogen-bond acceptors (Lipinski definition) is 10. The third-order valence-electron chi connectivity index (χ3n) is 22.4. The first-order chi connectivity index (χ1) is 55.2. The van der Waals surface area contributed by atoms with Crippen molar-refractivity contribution in [3.8, 4) is 17.1 Å². The quantitative estimate of drug-likeness (QED) is 0.0467. The normalized spacial score (nSPS) is 13.6. The molecule has 0 aliphatic carbocycles. The summed E-state index contributed by atoms with van der Waals surface area (Å²) < 4.78 is 10.2. The van der Waals surface area contributed by atoms with Crippen LogP contribution in [0, 0.1) is 0 Å². The van der Waals surface area contributed by atoms with Crippen LogP contribution in [0.2, 0.25) is 0 Å². The number of aliphatic hydroxyl groups is 1. The molecule has 0 amide bonds. The Kier molecular flexibility index (Phi) is 39.9. The van der Waals surface area contributed by atoms with Gasteiger partial charge in [-0.05, 0) is 154 Å². The minimum atomic E-state index is 0. The monoisotopic (exact) mass is 2340 g/mol. The molecule has 22 heteroatoms. The molecule has 3 aliphatic heterocycles. The fourth-order valence-corrected chi connectivity index (χ4v) is 19.0. The number of fused-ring (bicyclic) bond motifs is 6. The van der Waals surface area contributed by atoms with Crippen LogP contribution in [-0.2, 0) is 0 Å². The predicted octanol–water partition coefficient (Wildman–Crippen LogP) is 1.52. The molecule has 0 radical (unpaired) electrons. The highest BCUT2D eigenvalue weighted by atomic mass is 127. The average Bonchev–Trinajstić information content (AvgIpc) is 1.03. The van der Waals surface area contributed by atoms with Gasteiger partial charge < -0.3 is 177 Å². The molecular weight excluding hydrogens is 2220 g/mol. The van der Waals surface area contributed by atoms with Crippen molar-refractivity contribution in [2.45, 2.75) is 61.6 Å². The summed E-state index contributed by atoms with van der Waals surface area (Å²) >= 11 is 5.53. The van der Waals surface area contributed by atoms with E-state index >= 15 is 0 Å². The average molecular weight is 2340 g/mol. The molecule has 120 heavy (non-hydrogen) atoms. The van der Waals surface area contributed by atoms with Crippen molar-refractivity contribution in [3.63, 3.8) is 0 Å². The fourth-order valence-electron chi connectivity index (χ4n) is 15.7. The van der Waals surface area contributed by atoms with Gasteiger partial charge in [0, 0.05) is 89.4 Å². The van der Waals surface area contributed by atoms with E-state index in [1.807, 2.05) is 35.3 Å². The second-order valence-electron chi connectivity index (χ2n) is 32.2. The van der Waals surface area contributed by atoms with E-state index in [-0.39, 0.29) is 150 Å². The maximum Gasteiger partial charge on any atom is 0.282 e. The van der Waals surface area contributed by atoms with Gasteiger partial charge in [-0.3, -0.25) is 14.7 Å². The van der Waals surface area contributed by atoms with Gasteiger partial charge in [0.1, 0.15) is 40.2 Å². The number of benzene rings is 9. The number of quaternary nitrogens is 3. The molecule has 6 heterocycles. The van der Waals surface area contributed by atoms with Crippen molar-refractivity contribution < 1.29 is 176 Å². The highest BCUT2D eigenvalue weighted by Crippen LogP contribution is 2.49. The summed E-state index contributed by atoms with van der Waals surface area (Å²) in [6, 6.07) is 91.8. The molecule has 3 aliphatic rings. The van der Waals surface area contributed by atoms with Gasteiger partial charge in [-0.1, -0.05) is 181 Å². The topological polar surface area (TPSA) is 51.3 Å². The van der Waals surface area contributed by atoms with E-state index in [9.17, 15) is 5.11 Å². The lowest BCUT2D eigenvalue weighted by atomic mass is 10.1. The highest BCUT2D eigenvalue weighted by Gasteiger charge is 2.32. The number of para-hydroxylation sites is 9. The zero-order chi connectivity index (χ0) is 80.1. The van der Waals surface area contributed by atoms with E-state index in [2.05, 4.69) is 414 Å². The van der Waals surface area contributed by atoms with E-state index in [4.69, 9.17) is 0 Å². The van der Waals surface area contributed by atoms with Crippen LogP contribution in [0.15, 0.2) is 285 Å². The summed E-state index contributed by atoms with van der Waals surface area (Å²) in [4.78, 5) is 18.4. The number of halogens is 6. The lowest BCUT2D eigenvalue weighted by Crippen LogP contribution is -3.00. The summed E-state index contributed by atoms with van der Waals surface area (Å²) in [5.74, 6) is 3.68. The summed E-state index contributed by atoms with van der Waals surface area (Å²) in [5, 5.41) is 17.0. The smallest absolute Gasteiger partial charge is 0.282 e. The highest BCUT2D eigenvalue weighted by molar-refractivity contribution is 8.04. The molecule has 3 aromatic heterocycles. The third kappa shape index (κ3) is 24.6. The van der Waals surface area contributed by atoms with Crippen LogP contribution < -0.4 is 187 Å². The lowest BCUT2D eigenvalue weighted by Gasteiger charge is -2.29. The number of hydrogen-bond donors (Lipinski definition) is 1. The second kappa shape index (κ2) is 47.2. The lowest BCUT2D eigenvalue weighted by molar-refractivity contribution is -0.890. The molecule has 13 nitrogen and oxygen atoms in total. The maximum atomic E-state index is 9.48. The van der Waals surface area contributed by atoms with E-state index < -0.39 is 0 Å². The largest absolute Gasteiger partial charge is 1.00 e. The van der Waals surface area contributed by atoms with E-state index in [0.717, 1.165) is 104 Å². The van der Waals surface area contributed by atoms with Crippen LogP contribution in [0.5, 0.6) is 0 Å². The molecule has 636 valence electrons. The standard InChI is InChI=1S/C33H40N4OS.C33H40N4S.C32H38N4S.6HI/c1-5-35(20-13-21-37(3,4)22-23-38)32-24-26(25-33-34(2)30-18-11-12-19-31(30)39-33)28-16-9-10-17-29(28)36(32)27-14-7-6-8-15-27;1-6-35(22-15-23-37(4,5)7-2)32-24-26(25-33-34(3)30-20-13-14-21-31(30)38-33)28-18-11-12-19-29(28)36(32)27-16-9-8-10-17-27;1-6-34(21-14-22-36(3,4)5)31-23-25(24-32-33(2)29-19-12-13-20-30(29)37-32)27-17-10-11-18-28(27)35(31)26-15-8-7-9-16-26;;;;;;/h6-12,14-19,24-25,38H,5,13,20-23H2,1-4H3;8-14,16-21,24-25H,6-7,15,22-23H2,1-5H3;7-13,15-20,23-24H,6,14,21-22H2,1-5H3;6*1H/q3*+2;;;;;;/p-6. The van der Waals surface area contributed by atoms with Gasteiger partial charge in [-0.2, -0.15) is 13.7 Å². The van der Waals surface area contributed by atoms with Gasteiger partial charge in [0.2, 0.25) is 0 Å². The Hall–Kier alpha value is -5.50. The molecule has 15 rings (SSSR count). The van der Waals surface area contributed by atoms with Gasteiger partial charge in [-0.25, -0.2) is 0 Å². The number of anilines is 6. The van der Waals surface area contributed by atoms with Crippen molar-refractivity contribution in [3.05, 3.63) is 287 Å². The van der Waals surface area contributed by atoms with Gasteiger partial charge in [0.05, 0.1) is 154 Å². The first-order valence-electron chi connectivity index (χ1n) is 40.8. The maximum absolute atomic E-state index is 9.48. The number of likely N-dealkylation sites (N-methyl/N-ethyl adjacent to an activating group) is 1. The Morgan fingerprint density at radius 2 is 0.600 bits per heavy atom. The fraction of sp³-hybridized carbons (Fsp3) is 0.296. The van der Waals surface area contributed by atoms with Crippen LogP contribution in [0.1, 0.15) is 63.6 Å². The zero-order valence-electron chi connectivity index (χ0n) is 71.9. The molecule has 0 atom stereocenters. The van der Waals surface area contributed by atoms with Gasteiger partial charge in [0.25, 0.3) is 17.5 Å². The Morgan fingerprint density at radius 1 is 0.333 bits per heavy atom. The van der Waals surface area contributed by atoms with Crippen molar-refractivity contribution in [2.24, 2.45) is 0 Å². The number of aliphatic hydroxyl groups excluding tert-OH is 1. The van der Waals surface area contributed by atoms with Crippen molar-refractivity contribution >= 4 is 121 Å². The molecule has 0 unspecified atom stereocenters. The van der Waals surface area contributed by atoms with Crippen molar-refractivity contribution in [1.29, 1.82) is 0 Å². The van der Waals surface area contributed by atoms with E-state index in [1.165, 1.54) is 132 Å². The SMILES string of the molecule is CCN(CCC[N+](C)(C)C)c1cc(C=C2Sc3ccccc3N2C)c2ccccc2[n+]1-c1ccccc1.CCN(CCC[N+](C)(C)CC)c1cc(C=C2Sc3ccccc3N2C)c2ccccc2[n+]1-c1ccccc1.CCN(CCC[N+](C)(C)CCO)c1cc(C=C2Sc3ccccc3N2C)c2ccccc2[n+]1-c1ccccc1.[I-].[I-].[I-].[I-].[I-].[I-]. The summed E-state index contributed by atoms with van der Waals surface area (Å²) in [7, 11) is 22.4. The van der Waals surface area contributed by atoms with Gasteiger partial charge in [-0.15, -0.1) is 0 Å².